The lowest BCUT2D eigenvalue weighted by molar-refractivity contribution is -0.118. The molecule has 1 aromatic carbocycles. The first-order valence-electron chi connectivity index (χ1n) is 13.1. The van der Waals surface area contributed by atoms with Gasteiger partial charge in [-0.25, -0.2) is 4.68 Å². The lowest BCUT2D eigenvalue weighted by Crippen LogP contribution is -2.43. The van der Waals surface area contributed by atoms with Crippen LogP contribution >= 0.6 is 0 Å². The van der Waals surface area contributed by atoms with E-state index in [1.807, 2.05) is 32.9 Å². The molecule has 1 N–H and O–H groups in total. The molecule has 1 fully saturated rings. The molecule has 0 radical (unpaired) electrons. The molecule has 1 saturated carbocycles. The molecule has 9 nitrogen and oxygen atoms in total. The molecule has 190 valence electrons. The van der Waals surface area contributed by atoms with Crippen LogP contribution in [-0.2, 0) is 17.9 Å². The number of anilines is 1. The third-order valence-corrected chi connectivity index (χ3v) is 7.46. The van der Waals surface area contributed by atoms with E-state index in [-0.39, 0.29) is 24.4 Å². The van der Waals surface area contributed by atoms with Gasteiger partial charge in [0.2, 0.25) is 5.91 Å². The second-order valence-electron chi connectivity index (χ2n) is 10.2. The molecule has 36 heavy (non-hydrogen) atoms. The van der Waals surface area contributed by atoms with Crippen LogP contribution in [0, 0.1) is 0 Å². The van der Waals surface area contributed by atoms with Gasteiger partial charge in [0.05, 0.1) is 18.2 Å². The highest BCUT2D eigenvalue weighted by atomic mass is 16.2. The van der Waals surface area contributed by atoms with Crippen molar-refractivity contribution < 1.29 is 9.59 Å². The van der Waals surface area contributed by atoms with Crippen molar-refractivity contribution in [2.24, 2.45) is 0 Å². The Kier molecular flexibility index (Phi) is 6.89. The number of rotatable bonds is 6. The predicted molar refractivity (Wildman–Crippen MR) is 137 cm³/mol. The molecular formula is C27H35N7O2. The topological polar surface area (TPSA) is 97.9 Å². The minimum absolute atomic E-state index is 0.0518. The second-order valence-corrected chi connectivity index (χ2v) is 10.2. The summed E-state index contributed by atoms with van der Waals surface area (Å²) in [4.78, 5) is 28.7. The minimum Gasteiger partial charge on any atom is -0.330 e. The molecule has 1 atom stereocenters. The zero-order valence-corrected chi connectivity index (χ0v) is 21.4. The maximum absolute atomic E-state index is 13.6. The molecule has 1 aliphatic heterocycles. The van der Waals surface area contributed by atoms with Crippen LogP contribution in [0.4, 0.5) is 5.69 Å². The van der Waals surface area contributed by atoms with Gasteiger partial charge in [0, 0.05) is 31.0 Å². The summed E-state index contributed by atoms with van der Waals surface area (Å²) in [6, 6.07) is 10.0. The summed E-state index contributed by atoms with van der Waals surface area (Å²) in [6.07, 6.45) is 8.03. The van der Waals surface area contributed by atoms with Crippen molar-refractivity contribution in [1.29, 1.82) is 0 Å². The Morgan fingerprint density at radius 2 is 1.83 bits per heavy atom. The number of carbonyl (C=O) groups excluding carboxylic acids is 2. The molecule has 5 rings (SSSR count). The molecule has 0 spiro atoms. The Balaban J connectivity index is 1.37. The van der Waals surface area contributed by atoms with Gasteiger partial charge in [-0.05, 0) is 63.3 Å². The number of nitrogens with one attached hydrogen (secondary N) is 1. The number of amides is 2. The standard InChI is InChI=1S/C27H35N7O2/c1-4-33-25-22(26(35)29-21-12-10-20(11-13-21)19-8-6-5-7-9-19)16-32(17-23(25)30-31-33)27(36)24-14-15-28-34(24)18(2)3/h10-15,18-19,22H,4-9,16-17H2,1-3H3,(H,29,35). The fraction of sp³-hybridized carbons (Fsp3) is 0.519. The van der Waals surface area contributed by atoms with E-state index in [0.29, 0.717) is 30.4 Å². The molecule has 1 aliphatic carbocycles. The molecule has 2 aliphatic rings. The van der Waals surface area contributed by atoms with Gasteiger partial charge in [-0.3, -0.25) is 14.3 Å². The van der Waals surface area contributed by atoms with E-state index in [1.54, 1.807) is 26.5 Å². The van der Waals surface area contributed by atoms with Crippen molar-refractivity contribution >= 4 is 17.5 Å². The van der Waals surface area contributed by atoms with E-state index < -0.39 is 5.92 Å². The molecule has 3 heterocycles. The Morgan fingerprint density at radius 3 is 2.53 bits per heavy atom. The summed E-state index contributed by atoms with van der Waals surface area (Å²) in [5.74, 6) is -0.268. The molecule has 9 heteroatoms. The fourth-order valence-corrected chi connectivity index (χ4v) is 5.56. The SMILES string of the molecule is CCn1nnc2c1C(C(=O)Nc1ccc(C3CCCCC3)cc1)CN(C(=O)c1ccnn1C(C)C)C2. The molecule has 2 aromatic heterocycles. The van der Waals surface area contributed by atoms with Gasteiger partial charge in [0.1, 0.15) is 11.4 Å². The van der Waals surface area contributed by atoms with Crippen LogP contribution in [0.3, 0.4) is 0 Å². The summed E-state index contributed by atoms with van der Waals surface area (Å²) < 4.78 is 3.48. The zero-order valence-electron chi connectivity index (χ0n) is 21.4. The van der Waals surface area contributed by atoms with Crippen LogP contribution in [0.25, 0.3) is 0 Å². The highest BCUT2D eigenvalue weighted by molar-refractivity contribution is 5.98. The second kappa shape index (κ2) is 10.2. The third-order valence-electron chi connectivity index (χ3n) is 7.46. The largest absolute Gasteiger partial charge is 0.330 e. The Morgan fingerprint density at radius 1 is 1.08 bits per heavy atom. The van der Waals surface area contributed by atoms with E-state index >= 15 is 0 Å². The van der Waals surface area contributed by atoms with Crippen LogP contribution in [-0.4, -0.2) is 48.0 Å². The van der Waals surface area contributed by atoms with Gasteiger partial charge in [0.25, 0.3) is 5.91 Å². The number of hydrogen-bond donors (Lipinski definition) is 1. The van der Waals surface area contributed by atoms with Crippen LogP contribution in [0.2, 0.25) is 0 Å². The quantitative estimate of drug-likeness (QED) is 0.550. The summed E-state index contributed by atoms with van der Waals surface area (Å²) in [5, 5.41) is 16.0. The first-order valence-corrected chi connectivity index (χ1v) is 13.1. The van der Waals surface area contributed by atoms with Crippen molar-refractivity contribution in [2.75, 3.05) is 11.9 Å². The van der Waals surface area contributed by atoms with E-state index in [9.17, 15) is 9.59 Å². The Labute approximate surface area is 211 Å². The molecule has 0 saturated heterocycles. The van der Waals surface area contributed by atoms with Gasteiger partial charge >= 0.3 is 0 Å². The van der Waals surface area contributed by atoms with Crippen molar-refractivity contribution in [3.8, 4) is 0 Å². The van der Waals surface area contributed by atoms with E-state index in [1.165, 1.54) is 37.7 Å². The van der Waals surface area contributed by atoms with Gasteiger partial charge in [-0.15, -0.1) is 5.10 Å². The summed E-state index contributed by atoms with van der Waals surface area (Å²) >= 11 is 0. The molecule has 0 bridgehead atoms. The van der Waals surface area contributed by atoms with Crippen LogP contribution in [0.1, 0.15) is 98.2 Å². The van der Waals surface area contributed by atoms with E-state index in [4.69, 9.17) is 0 Å². The van der Waals surface area contributed by atoms with Gasteiger partial charge in [-0.2, -0.15) is 5.10 Å². The molecule has 1 unspecified atom stereocenters. The lowest BCUT2D eigenvalue weighted by Gasteiger charge is -2.32. The van der Waals surface area contributed by atoms with E-state index in [0.717, 1.165) is 11.4 Å². The van der Waals surface area contributed by atoms with Crippen molar-refractivity contribution in [1.82, 2.24) is 29.7 Å². The average Bonchev–Trinajstić information content (AvgIpc) is 3.56. The maximum Gasteiger partial charge on any atom is 0.272 e. The average molecular weight is 490 g/mol. The van der Waals surface area contributed by atoms with Crippen LogP contribution in [0.5, 0.6) is 0 Å². The predicted octanol–water partition coefficient (Wildman–Crippen LogP) is 4.50. The van der Waals surface area contributed by atoms with Crippen LogP contribution < -0.4 is 5.32 Å². The highest BCUT2D eigenvalue weighted by Gasteiger charge is 2.38. The van der Waals surface area contributed by atoms with Crippen molar-refractivity contribution in [3.05, 3.63) is 59.2 Å². The van der Waals surface area contributed by atoms with E-state index in [2.05, 4.69) is 32.9 Å². The summed E-state index contributed by atoms with van der Waals surface area (Å²) in [5.41, 5.74) is 4.07. The number of aryl methyl sites for hydroxylation is 1. The monoisotopic (exact) mass is 489 g/mol. The number of nitrogens with zero attached hydrogens (tertiary/aromatic N) is 6. The summed E-state index contributed by atoms with van der Waals surface area (Å²) in [7, 11) is 0. The van der Waals surface area contributed by atoms with Gasteiger partial charge in [0.15, 0.2) is 0 Å². The zero-order chi connectivity index (χ0) is 25.2. The molecule has 2 amide bonds. The van der Waals surface area contributed by atoms with Gasteiger partial charge in [-0.1, -0.05) is 36.6 Å². The summed E-state index contributed by atoms with van der Waals surface area (Å²) in [6.45, 7) is 7.14. The molecule has 3 aromatic rings. The first kappa shape index (κ1) is 24.2. The lowest BCUT2D eigenvalue weighted by atomic mass is 9.84. The third kappa shape index (κ3) is 4.66. The number of hydrogen-bond acceptors (Lipinski definition) is 5. The van der Waals surface area contributed by atoms with Crippen molar-refractivity contribution in [3.63, 3.8) is 0 Å². The maximum atomic E-state index is 13.6. The highest BCUT2D eigenvalue weighted by Crippen LogP contribution is 2.34. The number of benzene rings is 1. The number of carbonyl (C=O) groups is 2. The fourth-order valence-electron chi connectivity index (χ4n) is 5.56. The minimum atomic E-state index is -0.568. The van der Waals surface area contributed by atoms with Gasteiger partial charge < -0.3 is 10.2 Å². The van der Waals surface area contributed by atoms with Crippen LogP contribution in [0.15, 0.2) is 36.5 Å². The number of aromatic nitrogens is 5. The Bertz CT molecular complexity index is 1220. The number of fused-ring (bicyclic) bond motifs is 1. The normalized spacial score (nSPS) is 18.3. The smallest absolute Gasteiger partial charge is 0.272 e. The first-order chi connectivity index (χ1) is 17.5. The Hall–Kier alpha value is -3.49. The van der Waals surface area contributed by atoms with Crippen molar-refractivity contribution in [2.45, 2.75) is 83.8 Å². The molecular weight excluding hydrogens is 454 g/mol.